The number of aromatic nitrogens is 3. The Labute approximate surface area is 145 Å². The van der Waals surface area contributed by atoms with Crippen LogP contribution in [0.5, 0.6) is 5.75 Å². The van der Waals surface area contributed by atoms with Crippen LogP contribution in [0.2, 0.25) is 0 Å². The normalized spacial score (nSPS) is 10.3. The second kappa shape index (κ2) is 7.48. The van der Waals surface area contributed by atoms with Crippen molar-refractivity contribution in [2.45, 2.75) is 6.54 Å². The lowest BCUT2D eigenvalue weighted by atomic mass is 10.2. The molecule has 3 aromatic rings. The first kappa shape index (κ1) is 16.5. The van der Waals surface area contributed by atoms with Crippen LogP contribution in [0.15, 0.2) is 54.9 Å². The minimum atomic E-state index is -0.190. The topological polar surface area (TPSA) is 81.1 Å². The minimum absolute atomic E-state index is 0.190. The SMILES string of the molecule is COc1ccccc1NC(=O)c1ccc(NCc2ncnn2C)cc1. The third-order valence-electron chi connectivity index (χ3n) is 3.76. The largest absolute Gasteiger partial charge is 0.495 e. The molecule has 0 atom stereocenters. The molecule has 0 unspecified atom stereocenters. The van der Waals surface area contributed by atoms with Crippen molar-refractivity contribution in [3.63, 3.8) is 0 Å². The van der Waals surface area contributed by atoms with Crippen molar-refractivity contribution >= 4 is 17.3 Å². The summed E-state index contributed by atoms with van der Waals surface area (Å²) in [6.07, 6.45) is 1.52. The molecule has 7 heteroatoms. The number of carbonyl (C=O) groups excluding carboxylic acids is 1. The van der Waals surface area contributed by atoms with E-state index in [0.29, 0.717) is 23.5 Å². The molecule has 2 aromatic carbocycles. The summed E-state index contributed by atoms with van der Waals surface area (Å²) in [5.74, 6) is 1.26. The number of anilines is 2. The minimum Gasteiger partial charge on any atom is -0.495 e. The van der Waals surface area contributed by atoms with Gasteiger partial charge in [-0.1, -0.05) is 12.1 Å². The maximum absolute atomic E-state index is 12.4. The van der Waals surface area contributed by atoms with Gasteiger partial charge < -0.3 is 15.4 Å². The third kappa shape index (κ3) is 3.95. The highest BCUT2D eigenvalue weighted by atomic mass is 16.5. The van der Waals surface area contributed by atoms with Crippen LogP contribution in [0, 0.1) is 0 Å². The fraction of sp³-hybridized carbons (Fsp3) is 0.167. The number of para-hydroxylation sites is 2. The van der Waals surface area contributed by atoms with Gasteiger partial charge in [0, 0.05) is 18.3 Å². The molecule has 0 radical (unpaired) electrons. The van der Waals surface area contributed by atoms with E-state index in [9.17, 15) is 4.79 Å². The lowest BCUT2D eigenvalue weighted by molar-refractivity contribution is 0.102. The number of carbonyl (C=O) groups is 1. The van der Waals surface area contributed by atoms with E-state index in [4.69, 9.17) is 4.74 Å². The molecule has 0 saturated heterocycles. The summed E-state index contributed by atoms with van der Waals surface area (Å²) in [5.41, 5.74) is 2.10. The lowest BCUT2D eigenvalue weighted by Gasteiger charge is -2.10. The van der Waals surface area contributed by atoms with Gasteiger partial charge >= 0.3 is 0 Å². The van der Waals surface area contributed by atoms with Crippen LogP contribution < -0.4 is 15.4 Å². The van der Waals surface area contributed by atoms with Gasteiger partial charge in [-0.25, -0.2) is 4.98 Å². The smallest absolute Gasteiger partial charge is 0.255 e. The summed E-state index contributed by atoms with van der Waals surface area (Å²) in [4.78, 5) is 16.5. The molecule has 128 valence electrons. The van der Waals surface area contributed by atoms with Gasteiger partial charge in [-0.15, -0.1) is 0 Å². The van der Waals surface area contributed by atoms with Crippen molar-refractivity contribution < 1.29 is 9.53 Å². The Balaban J connectivity index is 1.63. The van der Waals surface area contributed by atoms with Gasteiger partial charge in [-0.2, -0.15) is 5.10 Å². The van der Waals surface area contributed by atoms with Crippen LogP contribution in [0.1, 0.15) is 16.2 Å². The number of rotatable bonds is 6. The Morgan fingerprint density at radius 1 is 1.16 bits per heavy atom. The number of hydrogen-bond acceptors (Lipinski definition) is 5. The second-order valence-electron chi connectivity index (χ2n) is 5.39. The summed E-state index contributed by atoms with van der Waals surface area (Å²) in [7, 11) is 3.41. The Kier molecular flexibility index (Phi) is 4.94. The third-order valence-corrected chi connectivity index (χ3v) is 3.76. The van der Waals surface area contributed by atoms with Crippen molar-refractivity contribution in [1.82, 2.24) is 14.8 Å². The van der Waals surface area contributed by atoms with Gasteiger partial charge in [0.2, 0.25) is 0 Å². The number of methoxy groups -OCH3 is 1. The molecule has 0 spiro atoms. The van der Waals surface area contributed by atoms with Gasteiger partial charge in [0.05, 0.1) is 19.3 Å². The number of nitrogens with zero attached hydrogens (tertiary/aromatic N) is 3. The summed E-state index contributed by atoms with van der Waals surface area (Å²) < 4.78 is 6.95. The number of hydrogen-bond donors (Lipinski definition) is 2. The Bertz CT molecular complexity index is 858. The highest BCUT2D eigenvalue weighted by Gasteiger charge is 2.09. The van der Waals surface area contributed by atoms with Crippen LogP contribution >= 0.6 is 0 Å². The zero-order valence-electron chi connectivity index (χ0n) is 14.1. The van der Waals surface area contributed by atoms with Gasteiger partial charge in [0.25, 0.3) is 5.91 Å². The van der Waals surface area contributed by atoms with Crippen molar-refractivity contribution in [3.05, 3.63) is 66.2 Å². The Hall–Kier alpha value is -3.35. The van der Waals surface area contributed by atoms with E-state index in [-0.39, 0.29) is 5.91 Å². The molecular formula is C18H19N5O2. The van der Waals surface area contributed by atoms with Gasteiger partial charge in [-0.3, -0.25) is 9.48 Å². The zero-order chi connectivity index (χ0) is 17.6. The van der Waals surface area contributed by atoms with Gasteiger partial charge in [-0.05, 0) is 36.4 Å². The van der Waals surface area contributed by atoms with Crippen LogP contribution in [-0.4, -0.2) is 27.8 Å². The maximum atomic E-state index is 12.4. The first-order valence-corrected chi connectivity index (χ1v) is 7.78. The quantitative estimate of drug-likeness (QED) is 0.723. The van der Waals surface area contributed by atoms with E-state index in [1.165, 1.54) is 6.33 Å². The molecule has 0 aliphatic rings. The van der Waals surface area contributed by atoms with E-state index < -0.39 is 0 Å². The summed E-state index contributed by atoms with van der Waals surface area (Å²) in [5, 5.41) is 10.1. The molecule has 1 heterocycles. The molecule has 1 aromatic heterocycles. The maximum Gasteiger partial charge on any atom is 0.255 e. The second-order valence-corrected chi connectivity index (χ2v) is 5.39. The molecule has 25 heavy (non-hydrogen) atoms. The van der Waals surface area contributed by atoms with Crippen LogP contribution in [0.4, 0.5) is 11.4 Å². The summed E-state index contributed by atoms with van der Waals surface area (Å²) >= 11 is 0. The molecule has 0 bridgehead atoms. The average Bonchev–Trinajstić information content (AvgIpc) is 3.06. The standard InChI is InChI=1S/C18H19N5O2/c1-23-17(20-12-21-23)11-19-14-9-7-13(8-10-14)18(24)22-15-5-3-4-6-16(15)25-2/h3-10,12,19H,11H2,1-2H3,(H,22,24). The first-order valence-electron chi connectivity index (χ1n) is 7.78. The molecule has 0 aliphatic carbocycles. The highest BCUT2D eigenvalue weighted by Crippen LogP contribution is 2.23. The van der Waals surface area contributed by atoms with E-state index >= 15 is 0 Å². The first-order chi connectivity index (χ1) is 12.2. The molecule has 0 fully saturated rings. The molecule has 0 aliphatic heterocycles. The molecule has 7 nitrogen and oxygen atoms in total. The zero-order valence-corrected chi connectivity index (χ0v) is 14.1. The number of aryl methyl sites for hydroxylation is 1. The van der Waals surface area contributed by atoms with E-state index in [1.54, 1.807) is 36.1 Å². The van der Waals surface area contributed by atoms with Gasteiger partial charge in [0.1, 0.15) is 17.9 Å². The summed E-state index contributed by atoms with van der Waals surface area (Å²) in [6, 6.07) is 14.5. The van der Waals surface area contributed by atoms with Crippen molar-refractivity contribution in [2.75, 3.05) is 17.7 Å². The van der Waals surface area contributed by atoms with Crippen molar-refractivity contribution in [3.8, 4) is 5.75 Å². The fourth-order valence-electron chi connectivity index (χ4n) is 2.34. The monoisotopic (exact) mass is 337 g/mol. The van der Waals surface area contributed by atoms with Gasteiger partial charge in [0.15, 0.2) is 0 Å². The predicted molar refractivity (Wildman–Crippen MR) is 95.7 cm³/mol. The van der Waals surface area contributed by atoms with Crippen LogP contribution in [0.3, 0.4) is 0 Å². The molecular weight excluding hydrogens is 318 g/mol. The molecule has 2 N–H and O–H groups in total. The molecule has 1 amide bonds. The van der Waals surface area contributed by atoms with E-state index in [0.717, 1.165) is 11.5 Å². The number of amides is 1. The Morgan fingerprint density at radius 3 is 2.60 bits per heavy atom. The number of benzene rings is 2. The number of nitrogens with one attached hydrogen (secondary N) is 2. The lowest BCUT2D eigenvalue weighted by Crippen LogP contribution is -2.12. The Morgan fingerprint density at radius 2 is 1.92 bits per heavy atom. The van der Waals surface area contributed by atoms with Crippen LogP contribution in [0.25, 0.3) is 0 Å². The number of ether oxygens (including phenoxy) is 1. The predicted octanol–water partition coefficient (Wildman–Crippen LogP) is 2.69. The van der Waals surface area contributed by atoms with Crippen molar-refractivity contribution in [2.24, 2.45) is 7.05 Å². The molecule has 3 rings (SSSR count). The van der Waals surface area contributed by atoms with Crippen molar-refractivity contribution in [1.29, 1.82) is 0 Å². The molecule has 0 saturated carbocycles. The summed E-state index contributed by atoms with van der Waals surface area (Å²) in [6.45, 7) is 0.559. The van der Waals surface area contributed by atoms with E-state index in [1.807, 2.05) is 31.3 Å². The average molecular weight is 337 g/mol. The van der Waals surface area contributed by atoms with Crippen LogP contribution in [-0.2, 0) is 13.6 Å². The fourth-order valence-corrected chi connectivity index (χ4v) is 2.34. The van der Waals surface area contributed by atoms with E-state index in [2.05, 4.69) is 20.7 Å². The highest BCUT2D eigenvalue weighted by molar-refractivity contribution is 6.05.